The number of carbonyl (C=O) groups excluding carboxylic acids is 1. The van der Waals surface area contributed by atoms with Crippen LogP contribution in [0.1, 0.15) is 40.2 Å². The Balaban J connectivity index is 1.60. The van der Waals surface area contributed by atoms with E-state index in [1.807, 2.05) is 42.2 Å². The van der Waals surface area contributed by atoms with Gasteiger partial charge in [0.1, 0.15) is 11.7 Å². The van der Waals surface area contributed by atoms with Crippen LogP contribution in [0.25, 0.3) is 0 Å². The Morgan fingerprint density at radius 3 is 2.68 bits per heavy atom. The maximum Gasteiger partial charge on any atom is 0.272 e. The number of aryl methyl sites for hydroxylation is 1. The van der Waals surface area contributed by atoms with Crippen molar-refractivity contribution in [1.29, 1.82) is 0 Å². The van der Waals surface area contributed by atoms with Gasteiger partial charge in [-0.05, 0) is 31.0 Å². The van der Waals surface area contributed by atoms with E-state index < -0.39 is 0 Å². The fourth-order valence-corrected chi connectivity index (χ4v) is 3.56. The minimum absolute atomic E-state index is 0.0663. The summed E-state index contributed by atoms with van der Waals surface area (Å²) in [5.74, 6) is 1.08. The van der Waals surface area contributed by atoms with Crippen LogP contribution in [0.3, 0.4) is 0 Å². The zero-order chi connectivity index (χ0) is 19.3. The molecule has 1 amide bonds. The average Bonchev–Trinajstić information content (AvgIpc) is 3.05. The summed E-state index contributed by atoms with van der Waals surface area (Å²) in [5.41, 5.74) is 1.67. The molecule has 3 heterocycles. The van der Waals surface area contributed by atoms with Gasteiger partial charge in [-0.2, -0.15) is 4.98 Å². The van der Waals surface area contributed by atoms with Gasteiger partial charge >= 0.3 is 0 Å². The molecule has 0 N–H and O–H groups in total. The van der Waals surface area contributed by atoms with Gasteiger partial charge in [0, 0.05) is 32.4 Å². The van der Waals surface area contributed by atoms with Gasteiger partial charge in [-0.1, -0.05) is 41.6 Å². The predicted octanol–water partition coefficient (Wildman–Crippen LogP) is 2.86. The quantitative estimate of drug-likeness (QED) is 0.696. The summed E-state index contributed by atoms with van der Waals surface area (Å²) < 4.78 is 5.50. The van der Waals surface area contributed by atoms with Crippen LogP contribution >= 0.6 is 0 Å². The highest BCUT2D eigenvalue weighted by Gasteiger charge is 2.32. The van der Waals surface area contributed by atoms with Crippen molar-refractivity contribution in [1.82, 2.24) is 24.9 Å². The van der Waals surface area contributed by atoms with Crippen LogP contribution < -0.4 is 0 Å². The molecule has 0 bridgehead atoms. The summed E-state index contributed by atoms with van der Waals surface area (Å²) in [4.78, 5) is 25.8. The van der Waals surface area contributed by atoms with E-state index in [0.717, 1.165) is 19.5 Å². The van der Waals surface area contributed by atoms with Gasteiger partial charge < -0.3 is 9.42 Å². The first-order chi connectivity index (χ1) is 13.7. The summed E-state index contributed by atoms with van der Waals surface area (Å²) in [6, 6.07) is 15.5. The van der Waals surface area contributed by atoms with Gasteiger partial charge in [-0.25, -0.2) is 0 Å². The predicted molar refractivity (Wildman–Crippen MR) is 103 cm³/mol. The Morgan fingerprint density at radius 1 is 1.14 bits per heavy atom. The molecule has 7 heteroatoms. The van der Waals surface area contributed by atoms with Crippen LogP contribution in [0.4, 0.5) is 0 Å². The Labute approximate surface area is 164 Å². The second-order valence-electron chi connectivity index (χ2n) is 6.97. The molecular weight excluding hydrogens is 354 g/mol. The number of rotatable bonds is 4. The number of hydrogen-bond donors (Lipinski definition) is 0. The molecule has 7 nitrogen and oxygen atoms in total. The van der Waals surface area contributed by atoms with E-state index in [0.29, 0.717) is 30.5 Å². The van der Waals surface area contributed by atoms with E-state index >= 15 is 0 Å². The smallest absolute Gasteiger partial charge is 0.272 e. The second kappa shape index (κ2) is 8.31. The molecule has 28 heavy (non-hydrogen) atoms. The molecule has 144 valence electrons. The van der Waals surface area contributed by atoms with Gasteiger partial charge in [-0.15, -0.1) is 0 Å². The molecule has 1 unspecified atom stereocenters. The molecule has 1 aromatic carbocycles. The number of benzene rings is 1. The highest BCUT2D eigenvalue weighted by Crippen LogP contribution is 2.26. The summed E-state index contributed by atoms with van der Waals surface area (Å²) in [6.45, 7) is 4.57. The third-order valence-electron chi connectivity index (χ3n) is 4.94. The SMILES string of the molecule is Cc1noc(C2CN(C(=O)c3ccccn3)CCCN2Cc2ccccc2)n1. The monoisotopic (exact) mass is 377 g/mol. The number of aromatic nitrogens is 3. The lowest BCUT2D eigenvalue weighted by Crippen LogP contribution is -2.38. The van der Waals surface area contributed by atoms with Crippen LogP contribution in [0.15, 0.2) is 59.3 Å². The van der Waals surface area contributed by atoms with Crippen molar-refractivity contribution < 1.29 is 9.32 Å². The Morgan fingerprint density at radius 2 is 1.96 bits per heavy atom. The zero-order valence-corrected chi connectivity index (χ0v) is 15.9. The van der Waals surface area contributed by atoms with E-state index in [1.165, 1.54) is 5.56 Å². The number of pyridine rings is 1. The maximum atomic E-state index is 13.0. The molecule has 4 rings (SSSR count). The first-order valence-electron chi connectivity index (χ1n) is 9.49. The molecule has 1 atom stereocenters. The third-order valence-corrected chi connectivity index (χ3v) is 4.94. The highest BCUT2D eigenvalue weighted by molar-refractivity contribution is 5.92. The van der Waals surface area contributed by atoms with Crippen molar-refractivity contribution >= 4 is 5.91 Å². The summed E-state index contributed by atoms with van der Waals surface area (Å²) in [5, 5.41) is 3.96. The molecule has 0 aliphatic carbocycles. The first kappa shape index (κ1) is 18.3. The number of carbonyl (C=O) groups is 1. The molecule has 1 fully saturated rings. The molecule has 1 saturated heterocycles. The minimum Gasteiger partial charge on any atom is -0.338 e. The number of nitrogens with zero attached hydrogens (tertiary/aromatic N) is 5. The van der Waals surface area contributed by atoms with Crippen LogP contribution in [-0.2, 0) is 6.54 Å². The zero-order valence-electron chi connectivity index (χ0n) is 15.9. The molecule has 3 aromatic rings. The Hall–Kier alpha value is -3.06. The molecule has 0 spiro atoms. The summed E-state index contributed by atoms with van der Waals surface area (Å²) >= 11 is 0. The van der Waals surface area contributed by atoms with Gasteiger partial charge in [-0.3, -0.25) is 14.7 Å². The van der Waals surface area contributed by atoms with E-state index in [9.17, 15) is 4.79 Å². The lowest BCUT2D eigenvalue weighted by atomic mass is 10.1. The fourth-order valence-electron chi connectivity index (χ4n) is 3.56. The molecular formula is C21H23N5O2. The Kier molecular flexibility index (Phi) is 5.43. The van der Waals surface area contributed by atoms with Crippen molar-refractivity contribution in [3.63, 3.8) is 0 Å². The standard InChI is InChI=1S/C21H23N5O2/c1-16-23-20(28-24-16)19-15-26(21(27)18-10-5-6-11-22-18)13-7-12-25(19)14-17-8-3-2-4-9-17/h2-6,8-11,19H,7,12-15H2,1H3. The molecule has 1 aliphatic rings. The van der Waals surface area contributed by atoms with E-state index in [1.54, 1.807) is 12.3 Å². The highest BCUT2D eigenvalue weighted by atomic mass is 16.5. The van der Waals surface area contributed by atoms with Gasteiger partial charge in [0.15, 0.2) is 5.82 Å². The largest absolute Gasteiger partial charge is 0.338 e. The van der Waals surface area contributed by atoms with Crippen LogP contribution in [0.5, 0.6) is 0 Å². The van der Waals surface area contributed by atoms with E-state index in [2.05, 4.69) is 32.2 Å². The fraction of sp³-hybridized carbons (Fsp3) is 0.333. The van der Waals surface area contributed by atoms with Crippen LogP contribution in [-0.4, -0.2) is 50.5 Å². The third kappa shape index (κ3) is 4.09. The maximum absolute atomic E-state index is 13.0. The topological polar surface area (TPSA) is 75.4 Å². The normalized spacial score (nSPS) is 18.0. The summed E-state index contributed by atoms with van der Waals surface area (Å²) in [7, 11) is 0. The Bertz CT molecular complexity index is 913. The second-order valence-corrected chi connectivity index (χ2v) is 6.97. The van der Waals surface area contributed by atoms with Gasteiger partial charge in [0.25, 0.3) is 5.91 Å². The van der Waals surface area contributed by atoms with Gasteiger partial charge in [0.05, 0.1) is 0 Å². The van der Waals surface area contributed by atoms with Crippen molar-refractivity contribution in [3.8, 4) is 0 Å². The van der Waals surface area contributed by atoms with Crippen molar-refractivity contribution in [2.45, 2.75) is 25.9 Å². The van der Waals surface area contributed by atoms with Gasteiger partial charge in [0.2, 0.25) is 5.89 Å². The van der Waals surface area contributed by atoms with Crippen LogP contribution in [0.2, 0.25) is 0 Å². The molecule has 0 saturated carbocycles. The number of amides is 1. The lowest BCUT2D eigenvalue weighted by Gasteiger charge is -2.29. The summed E-state index contributed by atoms with van der Waals surface area (Å²) in [6.07, 6.45) is 2.51. The van der Waals surface area contributed by atoms with Crippen molar-refractivity contribution in [3.05, 3.63) is 77.7 Å². The molecule has 1 aliphatic heterocycles. The van der Waals surface area contributed by atoms with Crippen LogP contribution in [0, 0.1) is 6.92 Å². The lowest BCUT2D eigenvalue weighted by molar-refractivity contribution is 0.0705. The minimum atomic E-state index is -0.156. The van der Waals surface area contributed by atoms with Crippen molar-refractivity contribution in [2.24, 2.45) is 0 Å². The number of hydrogen-bond acceptors (Lipinski definition) is 6. The molecule has 2 aromatic heterocycles. The van der Waals surface area contributed by atoms with E-state index in [-0.39, 0.29) is 11.9 Å². The van der Waals surface area contributed by atoms with E-state index in [4.69, 9.17) is 4.52 Å². The first-order valence-corrected chi connectivity index (χ1v) is 9.49. The average molecular weight is 377 g/mol. The molecule has 0 radical (unpaired) electrons. The van der Waals surface area contributed by atoms with Crippen molar-refractivity contribution in [2.75, 3.05) is 19.6 Å².